The van der Waals surface area contributed by atoms with Crippen molar-refractivity contribution in [2.75, 3.05) is 6.61 Å². The van der Waals surface area contributed by atoms with E-state index >= 15 is 0 Å². The lowest BCUT2D eigenvalue weighted by molar-refractivity contribution is -0.143. The molecule has 1 amide bonds. The van der Waals surface area contributed by atoms with Gasteiger partial charge in [-0.25, -0.2) is 4.79 Å². The van der Waals surface area contributed by atoms with Crippen LogP contribution in [0.1, 0.15) is 92.4 Å². The average molecular weight is 412 g/mol. The van der Waals surface area contributed by atoms with Crippen LogP contribution >= 0.6 is 0 Å². The molecule has 0 bridgehead atoms. The van der Waals surface area contributed by atoms with Crippen LogP contribution in [-0.2, 0) is 14.3 Å². The first kappa shape index (κ1) is 24.0. The van der Waals surface area contributed by atoms with Crippen molar-refractivity contribution >= 4 is 12.1 Å². The fourth-order valence-electron chi connectivity index (χ4n) is 5.12. The first-order valence-corrected chi connectivity index (χ1v) is 11.5. The third-order valence-electron chi connectivity index (χ3n) is 6.80. The lowest BCUT2D eigenvalue weighted by Gasteiger charge is -2.34. The van der Waals surface area contributed by atoms with Gasteiger partial charge in [-0.15, -0.1) is 0 Å². The monoisotopic (exact) mass is 411 g/mol. The lowest BCUT2D eigenvalue weighted by Crippen LogP contribution is -2.48. The minimum atomic E-state index is -0.892. The smallest absolute Gasteiger partial charge is 0.409 e. The van der Waals surface area contributed by atoms with E-state index in [1.165, 1.54) is 32.1 Å². The number of esters is 1. The molecule has 0 aromatic heterocycles. The van der Waals surface area contributed by atoms with Gasteiger partial charge in [0.2, 0.25) is 0 Å². The zero-order chi connectivity index (χ0) is 21.6. The van der Waals surface area contributed by atoms with E-state index in [0.717, 1.165) is 19.3 Å². The van der Waals surface area contributed by atoms with Gasteiger partial charge in [0, 0.05) is 6.42 Å². The Morgan fingerprint density at radius 2 is 1.86 bits per heavy atom. The van der Waals surface area contributed by atoms with Crippen LogP contribution in [0.15, 0.2) is 0 Å². The van der Waals surface area contributed by atoms with E-state index in [1.807, 2.05) is 13.8 Å². The van der Waals surface area contributed by atoms with Gasteiger partial charge < -0.3 is 14.6 Å². The Kier molecular flexibility index (Phi) is 8.80. The van der Waals surface area contributed by atoms with E-state index in [1.54, 1.807) is 11.8 Å². The van der Waals surface area contributed by atoms with E-state index in [9.17, 15) is 14.7 Å². The van der Waals surface area contributed by atoms with Crippen molar-refractivity contribution in [2.24, 2.45) is 17.8 Å². The molecule has 0 aromatic carbocycles. The molecule has 0 radical (unpaired) electrons. The summed E-state index contributed by atoms with van der Waals surface area (Å²) in [6.45, 7) is 10.3. The van der Waals surface area contributed by atoms with Crippen LogP contribution in [0.5, 0.6) is 0 Å². The molecule has 3 atom stereocenters. The number of amides is 1. The van der Waals surface area contributed by atoms with Gasteiger partial charge in [0.15, 0.2) is 0 Å². The first-order valence-electron chi connectivity index (χ1n) is 11.5. The maximum absolute atomic E-state index is 12.1. The molecule has 1 aliphatic heterocycles. The topological polar surface area (TPSA) is 76.1 Å². The van der Waals surface area contributed by atoms with Crippen molar-refractivity contribution in [3.8, 4) is 0 Å². The highest BCUT2D eigenvalue weighted by Crippen LogP contribution is 2.41. The van der Waals surface area contributed by atoms with Gasteiger partial charge in [0.05, 0.1) is 18.8 Å². The summed E-state index contributed by atoms with van der Waals surface area (Å²) in [5, 5.41) is 9.93. The molecule has 6 heteroatoms. The Labute approximate surface area is 176 Å². The normalized spacial score (nSPS) is 25.9. The molecule has 6 nitrogen and oxygen atoms in total. The van der Waals surface area contributed by atoms with Crippen molar-refractivity contribution in [3.05, 3.63) is 0 Å². The van der Waals surface area contributed by atoms with Crippen LogP contribution in [0.4, 0.5) is 4.79 Å². The van der Waals surface area contributed by atoms with Gasteiger partial charge in [-0.05, 0) is 50.9 Å². The lowest BCUT2D eigenvalue weighted by atomic mass is 9.80. The van der Waals surface area contributed by atoms with Crippen molar-refractivity contribution in [2.45, 2.75) is 110 Å². The molecule has 1 heterocycles. The summed E-state index contributed by atoms with van der Waals surface area (Å²) in [7, 11) is 0. The van der Waals surface area contributed by atoms with E-state index < -0.39 is 11.8 Å². The Balaban J connectivity index is 2.10. The van der Waals surface area contributed by atoms with Crippen molar-refractivity contribution in [3.63, 3.8) is 0 Å². The summed E-state index contributed by atoms with van der Waals surface area (Å²) in [4.78, 5) is 25.1. The quantitative estimate of drug-likeness (QED) is 0.511. The van der Waals surface area contributed by atoms with Gasteiger partial charge >= 0.3 is 12.1 Å². The summed E-state index contributed by atoms with van der Waals surface area (Å²) in [6, 6.07) is -0.106. The number of carbonyl (C=O) groups excluding carboxylic acids is 1. The molecule has 2 rings (SSSR count). The zero-order valence-electron chi connectivity index (χ0n) is 19.0. The highest BCUT2D eigenvalue weighted by atomic mass is 16.6. The maximum Gasteiger partial charge on any atom is 0.409 e. The molecule has 1 saturated carbocycles. The Morgan fingerprint density at radius 1 is 1.21 bits per heavy atom. The molecule has 1 aliphatic carbocycles. The van der Waals surface area contributed by atoms with Crippen LogP contribution in [0.2, 0.25) is 0 Å². The van der Waals surface area contributed by atoms with Crippen LogP contribution in [0.3, 0.4) is 0 Å². The SMILES string of the molecule is CCC(=O)OCCC(C[C@@H]1OC(C)(C)N(C(=O)O)[C@H]1CC1CCCCC1)C(C)C. The maximum atomic E-state index is 12.1. The van der Waals surface area contributed by atoms with Crippen LogP contribution in [-0.4, -0.2) is 46.5 Å². The van der Waals surface area contributed by atoms with E-state index in [-0.39, 0.29) is 18.1 Å². The molecule has 0 aromatic rings. The molecule has 1 unspecified atom stereocenters. The van der Waals surface area contributed by atoms with Gasteiger partial charge in [0.25, 0.3) is 0 Å². The van der Waals surface area contributed by atoms with Crippen molar-refractivity contribution in [1.29, 1.82) is 0 Å². The number of hydrogen-bond donors (Lipinski definition) is 1. The van der Waals surface area contributed by atoms with Crippen molar-refractivity contribution < 1.29 is 24.2 Å². The number of rotatable bonds is 9. The highest BCUT2D eigenvalue weighted by Gasteiger charge is 2.50. The predicted octanol–water partition coefficient (Wildman–Crippen LogP) is 5.45. The molecule has 2 aliphatic rings. The third kappa shape index (κ3) is 6.59. The number of carbonyl (C=O) groups is 2. The van der Waals surface area contributed by atoms with E-state index in [0.29, 0.717) is 30.8 Å². The number of nitrogens with zero attached hydrogens (tertiary/aromatic N) is 1. The molecular weight excluding hydrogens is 370 g/mol. The standard InChI is InChI=1S/C23H41NO5/c1-6-21(25)28-13-12-18(16(2)3)15-20-19(14-17-10-8-7-9-11-17)24(22(26)27)23(4,5)29-20/h16-20H,6-15H2,1-5H3,(H,26,27)/t18?,19-,20-/m0/s1. The van der Waals surface area contributed by atoms with Crippen LogP contribution < -0.4 is 0 Å². The number of ether oxygens (including phenoxy) is 2. The highest BCUT2D eigenvalue weighted by molar-refractivity contribution is 5.68. The third-order valence-corrected chi connectivity index (χ3v) is 6.80. The van der Waals surface area contributed by atoms with Gasteiger partial charge in [-0.1, -0.05) is 52.9 Å². The minimum Gasteiger partial charge on any atom is -0.466 e. The molecule has 1 N–H and O–H groups in total. The summed E-state index contributed by atoms with van der Waals surface area (Å²) >= 11 is 0. The molecule has 0 spiro atoms. The molecule has 29 heavy (non-hydrogen) atoms. The largest absolute Gasteiger partial charge is 0.466 e. The zero-order valence-corrected chi connectivity index (χ0v) is 19.0. The van der Waals surface area contributed by atoms with E-state index in [4.69, 9.17) is 9.47 Å². The van der Waals surface area contributed by atoms with Crippen LogP contribution in [0.25, 0.3) is 0 Å². The average Bonchev–Trinajstić information content (AvgIpc) is 2.90. The second-order valence-electron chi connectivity index (χ2n) is 9.67. The fourth-order valence-corrected chi connectivity index (χ4v) is 5.12. The summed E-state index contributed by atoms with van der Waals surface area (Å²) in [6.07, 6.45) is 8.02. The Hall–Kier alpha value is -1.30. The second kappa shape index (κ2) is 10.6. The van der Waals surface area contributed by atoms with E-state index in [2.05, 4.69) is 13.8 Å². The van der Waals surface area contributed by atoms with Crippen molar-refractivity contribution in [1.82, 2.24) is 4.90 Å². The molecular formula is C23H41NO5. The van der Waals surface area contributed by atoms with Crippen LogP contribution in [0, 0.1) is 17.8 Å². The van der Waals surface area contributed by atoms with Gasteiger partial charge in [-0.2, -0.15) is 0 Å². The Morgan fingerprint density at radius 3 is 2.41 bits per heavy atom. The van der Waals surface area contributed by atoms with Gasteiger partial charge in [-0.3, -0.25) is 9.69 Å². The predicted molar refractivity (Wildman–Crippen MR) is 113 cm³/mol. The van der Waals surface area contributed by atoms with Gasteiger partial charge in [0.1, 0.15) is 5.72 Å². The minimum absolute atomic E-state index is 0.106. The Bertz CT molecular complexity index is 541. The molecule has 1 saturated heterocycles. The fraction of sp³-hybridized carbons (Fsp3) is 0.913. The summed E-state index contributed by atoms with van der Waals surface area (Å²) in [5.41, 5.74) is -0.813. The number of hydrogen-bond acceptors (Lipinski definition) is 4. The first-order chi connectivity index (χ1) is 13.7. The summed E-state index contributed by atoms with van der Waals surface area (Å²) in [5.74, 6) is 1.15. The summed E-state index contributed by atoms with van der Waals surface area (Å²) < 4.78 is 11.6. The number of carboxylic acid groups (broad SMARTS) is 1. The molecule has 168 valence electrons. The second-order valence-corrected chi connectivity index (χ2v) is 9.67. The molecule has 2 fully saturated rings.